The smallest absolute Gasteiger partial charge is 0.00948 e. The van der Waals surface area contributed by atoms with Crippen molar-refractivity contribution in [2.75, 3.05) is 7.05 Å². The van der Waals surface area contributed by atoms with E-state index in [0.717, 1.165) is 23.8 Å². The summed E-state index contributed by atoms with van der Waals surface area (Å²) in [6, 6.07) is 0.770. The van der Waals surface area contributed by atoms with Gasteiger partial charge in [-0.05, 0) is 44.1 Å². The molecule has 1 aliphatic carbocycles. The van der Waals surface area contributed by atoms with Crippen LogP contribution in [0.25, 0.3) is 0 Å². The number of unbranched alkanes of at least 4 members (excludes halogenated alkanes) is 1. The molecule has 2 atom stereocenters. The van der Waals surface area contributed by atoms with E-state index >= 15 is 0 Å². The quantitative estimate of drug-likeness (QED) is 0.641. The molecule has 0 heterocycles. The molecule has 0 radical (unpaired) electrons. The van der Waals surface area contributed by atoms with Crippen LogP contribution < -0.4 is 5.32 Å². The van der Waals surface area contributed by atoms with Crippen LogP contribution in [0.1, 0.15) is 78.6 Å². The van der Waals surface area contributed by atoms with Crippen molar-refractivity contribution >= 4 is 0 Å². The standard InChI is InChI=1S/C17H35N/c1-5-7-8-15-9-11-16(12-10-15)17(18-4)13-14(3)6-2/h14-18H,5-13H2,1-4H3. The lowest BCUT2D eigenvalue weighted by molar-refractivity contribution is 0.199. The van der Waals surface area contributed by atoms with Gasteiger partial charge in [-0.1, -0.05) is 59.3 Å². The first-order valence-electron chi connectivity index (χ1n) is 8.38. The minimum Gasteiger partial charge on any atom is -0.317 e. The number of rotatable bonds is 8. The average molecular weight is 253 g/mol. The van der Waals surface area contributed by atoms with Gasteiger partial charge in [-0.25, -0.2) is 0 Å². The third kappa shape index (κ3) is 5.30. The maximum Gasteiger partial charge on any atom is 0.00948 e. The molecule has 0 aromatic heterocycles. The Labute approximate surface area is 115 Å². The Hall–Kier alpha value is -0.0400. The summed E-state index contributed by atoms with van der Waals surface area (Å²) in [6.45, 7) is 7.03. The summed E-state index contributed by atoms with van der Waals surface area (Å²) in [5.74, 6) is 2.87. The van der Waals surface area contributed by atoms with E-state index in [9.17, 15) is 0 Å². The highest BCUT2D eigenvalue weighted by Crippen LogP contribution is 2.35. The monoisotopic (exact) mass is 253 g/mol. The Kier molecular flexibility index (Phi) is 7.97. The molecule has 0 aromatic carbocycles. The van der Waals surface area contributed by atoms with Crippen LogP contribution in [-0.2, 0) is 0 Å². The van der Waals surface area contributed by atoms with Crippen molar-refractivity contribution in [3.8, 4) is 0 Å². The molecule has 1 saturated carbocycles. The Morgan fingerprint density at radius 3 is 2.28 bits per heavy atom. The molecular weight excluding hydrogens is 218 g/mol. The average Bonchev–Trinajstić information content (AvgIpc) is 2.42. The molecule has 1 rings (SSSR count). The maximum atomic E-state index is 3.59. The molecule has 0 aromatic rings. The summed E-state index contributed by atoms with van der Waals surface area (Å²) < 4.78 is 0. The van der Waals surface area contributed by atoms with Crippen LogP contribution in [0.15, 0.2) is 0 Å². The maximum absolute atomic E-state index is 3.59. The van der Waals surface area contributed by atoms with Gasteiger partial charge in [-0.2, -0.15) is 0 Å². The lowest BCUT2D eigenvalue weighted by Gasteiger charge is -2.35. The van der Waals surface area contributed by atoms with Gasteiger partial charge in [-0.15, -0.1) is 0 Å². The molecule has 0 bridgehead atoms. The molecule has 2 unspecified atom stereocenters. The molecule has 108 valence electrons. The summed E-state index contributed by atoms with van der Waals surface area (Å²) in [4.78, 5) is 0. The van der Waals surface area contributed by atoms with E-state index in [-0.39, 0.29) is 0 Å². The molecule has 18 heavy (non-hydrogen) atoms. The minimum atomic E-state index is 0.770. The van der Waals surface area contributed by atoms with Crippen LogP contribution in [0.4, 0.5) is 0 Å². The first kappa shape index (κ1) is 16.0. The molecule has 0 spiro atoms. The topological polar surface area (TPSA) is 12.0 Å². The van der Waals surface area contributed by atoms with Crippen LogP contribution in [0.2, 0.25) is 0 Å². The Morgan fingerprint density at radius 1 is 1.11 bits per heavy atom. The largest absolute Gasteiger partial charge is 0.317 e. The van der Waals surface area contributed by atoms with Gasteiger partial charge in [0.25, 0.3) is 0 Å². The fraction of sp³-hybridized carbons (Fsp3) is 1.00. The van der Waals surface area contributed by atoms with Gasteiger partial charge < -0.3 is 5.32 Å². The van der Waals surface area contributed by atoms with E-state index in [1.807, 2.05) is 0 Å². The van der Waals surface area contributed by atoms with E-state index in [1.165, 1.54) is 57.8 Å². The zero-order valence-electron chi connectivity index (χ0n) is 13.2. The van der Waals surface area contributed by atoms with E-state index in [1.54, 1.807) is 0 Å². The zero-order chi connectivity index (χ0) is 13.4. The van der Waals surface area contributed by atoms with Crippen molar-refractivity contribution in [2.45, 2.75) is 84.6 Å². The Balaban J connectivity index is 2.30. The molecule has 1 nitrogen and oxygen atoms in total. The first-order valence-corrected chi connectivity index (χ1v) is 8.38. The van der Waals surface area contributed by atoms with Crippen LogP contribution in [-0.4, -0.2) is 13.1 Å². The highest BCUT2D eigenvalue weighted by Gasteiger charge is 2.27. The SMILES string of the molecule is CCCCC1CCC(C(CC(C)CC)NC)CC1. The van der Waals surface area contributed by atoms with Gasteiger partial charge in [0.2, 0.25) is 0 Å². The fourth-order valence-corrected chi connectivity index (χ4v) is 3.52. The van der Waals surface area contributed by atoms with E-state index in [2.05, 4.69) is 33.1 Å². The Morgan fingerprint density at radius 2 is 1.78 bits per heavy atom. The van der Waals surface area contributed by atoms with Gasteiger partial charge in [0, 0.05) is 6.04 Å². The van der Waals surface area contributed by atoms with Gasteiger partial charge in [0.05, 0.1) is 0 Å². The van der Waals surface area contributed by atoms with Gasteiger partial charge in [0.15, 0.2) is 0 Å². The van der Waals surface area contributed by atoms with Crippen LogP contribution in [0.5, 0.6) is 0 Å². The summed E-state index contributed by atoms with van der Waals surface area (Å²) in [7, 11) is 2.16. The van der Waals surface area contributed by atoms with Crippen molar-refractivity contribution in [2.24, 2.45) is 17.8 Å². The molecule has 1 fully saturated rings. The molecule has 1 N–H and O–H groups in total. The van der Waals surface area contributed by atoms with Crippen molar-refractivity contribution in [3.05, 3.63) is 0 Å². The van der Waals surface area contributed by atoms with Crippen LogP contribution in [0, 0.1) is 17.8 Å². The normalized spacial score (nSPS) is 28.0. The summed E-state index contributed by atoms with van der Waals surface area (Å²) in [5.41, 5.74) is 0. The minimum absolute atomic E-state index is 0.770. The fourth-order valence-electron chi connectivity index (χ4n) is 3.52. The zero-order valence-corrected chi connectivity index (χ0v) is 13.2. The Bertz CT molecular complexity index is 194. The third-order valence-corrected chi connectivity index (χ3v) is 5.15. The second-order valence-electron chi connectivity index (χ2n) is 6.57. The van der Waals surface area contributed by atoms with Gasteiger partial charge in [0.1, 0.15) is 0 Å². The highest BCUT2D eigenvalue weighted by atomic mass is 14.9. The van der Waals surface area contributed by atoms with E-state index < -0.39 is 0 Å². The van der Waals surface area contributed by atoms with E-state index in [0.29, 0.717) is 0 Å². The molecule has 0 saturated heterocycles. The second kappa shape index (κ2) is 8.96. The molecule has 0 amide bonds. The predicted octanol–water partition coefficient (Wildman–Crippen LogP) is 5.01. The molecular formula is C17H35N. The van der Waals surface area contributed by atoms with Crippen LogP contribution in [0.3, 0.4) is 0 Å². The summed E-state index contributed by atoms with van der Waals surface area (Å²) in [6.07, 6.45) is 12.9. The van der Waals surface area contributed by atoms with Crippen LogP contribution >= 0.6 is 0 Å². The number of hydrogen-bond donors (Lipinski definition) is 1. The highest BCUT2D eigenvalue weighted by molar-refractivity contribution is 4.82. The number of hydrogen-bond acceptors (Lipinski definition) is 1. The van der Waals surface area contributed by atoms with Gasteiger partial charge in [-0.3, -0.25) is 0 Å². The molecule has 0 aliphatic heterocycles. The third-order valence-electron chi connectivity index (χ3n) is 5.15. The predicted molar refractivity (Wildman–Crippen MR) is 81.9 cm³/mol. The lowest BCUT2D eigenvalue weighted by Crippen LogP contribution is -2.37. The van der Waals surface area contributed by atoms with Crippen molar-refractivity contribution in [1.29, 1.82) is 0 Å². The number of nitrogens with one attached hydrogen (secondary N) is 1. The lowest BCUT2D eigenvalue weighted by atomic mass is 9.75. The molecule has 1 aliphatic rings. The van der Waals surface area contributed by atoms with E-state index in [4.69, 9.17) is 0 Å². The van der Waals surface area contributed by atoms with Crippen molar-refractivity contribution in [1.82, 2.24) is 5.32 Å². The van der Waals surface area contributed by atoms with Gasteiger partial charge >= 0.3 is 0 Å². The summed E-state index contributed by atoms with van der Waals surface area (Å²) >= 11 is 0. The van der Waals surface area contributed by atoms with Crippen molar-refractivity contribution < 1.29 is 0 Å². The first-order chi connectivity index (χ1) is 8.71. The van der Waals surface area contributed by atoms with Crippen molar-refractivity contribution in [3.63, 3.8) is 0 Å². The molecule has 1 heteroatoms. The summed E-state index contributed by atoms with van der Waals surface area (Å²) in [5, 5.41) is 3.59. The second-order valence-corrected chi connectivity index (χ2v) is 6.57.